The molecule has 1 aliphatic heterocycles. The minimum Gasteiger partial charge on any atom is -0.304 e. The topological polar surface area (TPSA) is 41.5 Å². The third-order valence-corrected chi connectivity index (χ3v) is 4.26. The van der Waals surface area contributed by atoms with Crippen molar-refractivity contribution >= 4 is 22.8 Å². The van der Waals surface area contributed by atoms with Crippen LogP contribution in [0, 0.1) is 0 Å². The summed E-state index contributed by atoms with van der Waals surface area (Å²) in [5, 5.41) is 3.62. The molecule has 0 saturated carbocycles. The minimum atomic E-state index is -0.343. The molecule has 0 aromatic heterocycles. The van der Waals surface area contributed by atoms with Gasteiger partial charge in [0.15, 0.2) is 5.17 Å². The van der Waals surface area contributed by atoms with Crippen LogP contribution in [-0.4, -0.2) is 15.8 Å². The van der Waals surface area contributed by atoms with E-state index in [1.807, 2.05) is 37.3 Å². The number of hydrogen-bond acceptors (Lipinski definition) is 3. The fraction of sp³-hybridized carbons (Fsp3) is 0.429. The van der Waals surface area contributed by atoms with Gasteiger partial charge in [-0.25, -0.2) is 0 Å². The Bertz CT molecular complexity index is 458. The van der Waals surface area contributed by atoms with Crippen molar-refractivity contribution in [3.8, 4) is 0 Å². The van der Waals surface area contributed by atoms with Gasteiger partial charge >= 0.3 is 0 Å². The normalized spacial score (nSPS) is 25.4. The van der Waals surface area contributed by atoms with E-state index in [2.05, 4.69) is 17.2 Å². The predicted octanol–water partition coefficient (Wildman–Crippen LogP) is 2.96. The van der Waals surface area contributed by atoms with Crippen molar-refractivity contribution in [3.63, 3.8) is 0 Å². The molecule has 4 heteroatoms. The van der Waals surface area contributed by atoms with Crippen molar-refractivity contribution < 1.29 is 4.79 Å². The van der Waals surface area contributed by atoms with Gasteiger partial charge < -0.3 is 5.32 Å². The van der Waals surface area contributed by atoms with E-state index in [1.54, 1.807) is 11.8 Å². The van der Waals surface area contributed by atoms with Crippen LogP contribution in [0.3, 0.4) is 0 Å². The van der Waals surface area contributed by atoms with E-state index >= 15 is 0 Å². The Morgan fingerprint density at radius 2 is 2.06 bits per heavy atom. The Morgan fingerprint density at radius 3 is 2.72 bits per heavy atom. The van der Waals surface area contributed by atoms with Crippen LogP contribution in [0.25, 0.3) is 0 Å². The molecule has 1 heterocycles. The van der Waals surface area contributed by atoms with Crippen molar-refractivity contribution in [1.82, 2.24) is 5.32 Å². The second-order valence-corrected chi connectivity index (χ2v) is 6.14. The zero-order valence-electron chi connectivity index (χ0n) is 10.8. The van der Waals surface area contributed by atoms with Gasteiger partial charge in [0.1, 0.15) is 0 Å². The van der Waals surface area contributed by atoms with Crippen molar-refractivity contribution in [2.24, 2.45) is 4.99 Å². The quantitative estimate of drug-likeness (QED) is 0.906. The second kappa shape index (κ2) is 5.57. The van der Waals surface area contributed by atoms with E-state index < -0.39 is 0 Å². The van der Waals surface area contributed by atoms with Crippen LogP contribution in [0.1, 0.15) is 32.3 Å². The molecule has 96 valence electrons. The average Bonchev–Trinajstić information content (AvgIpc) is 2.64. The van der Waals surface area contributed by atoms with Gasteiger partial charge in [0, 0.05) is 0 Å². The summed E-state index contributed by atoms with van der Waals surface area (Å²) < 4.78 is -0.343. The molecule has 1 aromatic carbocycles. The molecule has 1 aromatic rings. The summed E-state index contributed by atoms with van der Waals surface area (Å²) in [6.45, 7) is 4.70. The lowest BCUT2D eigenvalue weighted by Gasteiger charge is -2.16. The zero-order chi connectivity index (χ0) is 13.0. The summed E-state index contributed by atoms with van der Waals surface area (Å²) in [5.41, 5.74) is 1.16. The van der Waals surface area contributed by atoms with Gasteiger partial charge in [-0.1, -0.05) is 55.4 Å². The van der Waals surface area contributed by atoms with Gasteiger partial charge in [-0.3, -0.25) is 9.79 Å². The molecule has 1 amide bonds. The summed E-state index contributed by atoms with van der Waals surface area (Å²) in [7, 11) is 0. The van der Waals surface area contributed by atoms with E-state index in [4.69, 9.17) is 0 Å². The predicted molar refractivity (Wildman–Crippen MR) is 76.6 cm³/mol. The number of carbonyl (C=O) groups is 1. The SMILES string of the molecule is CCC[C@]1(C)SC(=NCc2ccccc2)NC1=O. The van der Waals surface area contributed by atoms with Gasteiger partial charge in [0.05, 0.1) is 11.3 Å². The Kier molecular flexibility index (Phi) is 4.07. The molecule has 2 rings (SSSR count). The van der Waals surface area contributed by atoms with E-state index in [0.717, 1.165) is 23.6 Å². The van der Waals surface area contributed by atoms with Crippen molar-refractivity contribution in [1.29, 1.82) is 0 Å². The maximum absolute atomic E-state index is 11.9. The number of nitrogens with zero attached hydrogens (tertiary/aromatic N) is 1. The fourth-order valence-electron chi connectivity index (χ4n) is 1.97. The zero-order valence-corrected chi connectivity index (χ0v) is 11.6. The lowest BCUT2D eigenvalue weighted by Crippen LogP contribution is -2.33. The lowest BCUT2D eigenvalue weighted by molar-refractivity contribution is -0.121. The van der Waals surface area contributed by atoms with Crippen LogP contribution in [0.15, 0.2) is 35.3 Å². The van der Waals surface area contributed by atoms with Gasteiger partial charge in [-0.05, 0) is 18.9 Å². The maximum Gasteiger partial charge on any atom is 0.242 e. The molecule has 0 radical (unpaired) electrons. The molecule has 1 atom stereocenters. The first kappa shape index (κ1) is 13.1. The Hall–Kier alpha value is -1.29. The number of carbonyl (C=O) groups excluding carboxylic acids is 1. The van der Waals surface area contributed by atoms with E-state index in [9.17, 15) is 4.79 Å². The van der Waals surface area contributed by atoms with Crippen LogP contribution >= 0.6 is 11.8 Å². The number of amides is 1. The standard InChI is InChI=1S/C14H18N2OS/c1-3-9-14(2)12(17)16-13(18-14)15-10-11-7-5-4-6-8-11/h4-8H,3,9-10H2,1-2H3,(H,15,16,17)/t14-/m0/s1. The number of amidine groups is 1. The summed E-state index contributed by atoms with van der Waals surface area (Å²) in [4.78, 5) is 16.4. The molecule has 1 saturated heterocycles. The molecule has 0 spiro atoms. The van der Waals surface area contributed by atoms with Gasteiger partial charge in [-0.2, -0.15) is 0 Å². The summed E-state index contributed by atoms with van der Waals surface area (Å²) >= 11 is 1.55. The van der Waals surface area contributed by atoms with Gasteiger partial charge in [0.2, 0.25) is 5.91 Å². The number of benzene rings is 1. The molecular formula is C14H18N2OS. The summed E-state index contributed by atoms with van der Waals surface area (Å²) in [6.07, 6.45) is 1.89. The van der Waals surface area contributed by atoms with Gasteiger partial charge in [-0.15, -0.1) is 0 Å². The summed E-state index contributed by atoms with van der Waals surface area (Å²) in [5.74, 6) is 0.0844. The smallest absolute Gasteiger partial charge is 0.242 e. The molecule has 0 aliphatic carbocycles. The van der Waals surface area contributed by atoms with Crippen LogP contribution in [0.5, 0.6) is 0 Å². The monoisotopic (exact) mass is 262 g/mol. The van der Waals surface area contributed by atoms with Crippen LogP contribution < -0.4 is 5.32 Å². The fourth-order valence-corrected chi connectivity index (χ4v) is 3.12. The number of thioether (sulfide) groups is 1. The third-order valence-electron chi connectivity index (χ3n) is 3.00. The first-order chi connectivity index (χ1) is 8.64. The summed E-state index contributed by atoms with van der Waals surface area (Å²) in [6, 6.07) is 10.1. The molecule has 1 aliphatic rings. The highest BCUT2D eigenvalue weighted by Gasteiger charge is 2.41. The number of hydrogen-bond donors (Lipinski definition) is 1. The molecule has 1 fully saturated rings. The molecule has 0 bridgehead atoms. The Morgan fingerprint density at radius 1 is 1.33 bits per heavy atom. The second-order valence-electron chi connectivity index (χ2n) is 4.64. The number of aliphatic imine (C=N–C) groups is 1. The van der Waals surface area contributed by atoms with E-state index in [-0.39, 0.29) is 10.7 Å². The number of nitrogens with one attached hydrogen (secondary N) is 1. The van der Waals surface area contributed by atoms with E-state index in [0.29, 0.717) is 6.54 Å². The van der Waals surface area contributed by atoms with Crippen LogP contribution in [0.2, 0.25) is 0 Å². The first-order valence-corrected chi connectivity index (χ1v) is 7.04. The highest BCUT2D eigenvalue weighted by molar-refractivity contribution is 8.16. The third kappa shape index (κ3) is 2.93. The van der Waals surface area contributed by atoms with Crippen LogP contribution in [-0.2, 0) is 11.3 Å². The highest BCUT2D eigenvalue weighted by Crippen LogP contribution is 2.35. The molecular weight excluding hydrogens is 244 g/mol. The minimum absolute atomic E-state index is 0.0844. The lowest BCUT2D eigenvalue weighted by atomic mass is 10.0. The van der Waals surface area contributed by atoms with Gasteiger partial charge in [0.25, 0.3) is 0 Å². The molecule has 3 nitrogen and oxygen atoms in total. The Labute approximate surface area is 112 Å². The van der Waals surface area contributed by atoms with E-state index in [1.165, 1.54) is 0 Å². The molecule has 1 N–H and O–H groups in total. The largest absolute Gasteiger partial charge is 0.304 e. The highest BCUT2D eigenvalue weighted by atomic mass is 32.2. The molecule has 0 unspecified atom stereocenters. The average molecular weight is 262 g/mol. The molecule has 18 heavy (non-hydrogen) atoms. The van der Waals surface area contributed by atoms with Crippen molar-refractivity contribution in [2.45, 2.75) is 38.0 Å². The maximum atomic E-state index is 11.9. The first-order valence-electron chi connectivity index (χ1n) is 6.23. The van der Waals surface area contributed by atoms with Crippen molar-refractivity contribution in [2.75, 3.05) is 0 Å². The van der Waals surface area contributed by atoms with Crippen LogP contribution in [0.4, 0.5) is 0 Å². The number of rotatable bonds is 4. The Balaban J connectivity index is 2.02. The van der Waals surface area contributed by atoms with Crippen molar-refractivity contribution in [3.05, 3.63) is 35.9 Å².